The SMILES string of the molecule is NC/C(=N\O)c1ccc([N+](=O)[O-])cc1. The van der Waals surface area contributed by atoms with Crippen molar-refractivity contribution in [3.8, 4) is 0 Å². The Labute approximate surface area is 79.8 Å². The first kappa shape index (κ1) is 10.1. The summed E-state index contributed by atoms with van der Waals surface area (Å²) in [6, 6.07) is 5.63. The van der Waals surface area contributed by atoms with Crippen molar-refractivity contribution < 1.29 is 10.1 Å². The number of nitrogens with two attached hydrogens (primary N) is 1. The molecule has 0 bridgehead atoms. The zero-order valence-corrected chi connectivity index (χ0v) is 7.25. The van der Waals surface area contributed by atoms with Gasteiger partial charge >= 0.3 is 0 Å². The molecule has 0 aliphatic rings. The Hall–Kier alpha value is -1.95. The van der Waals surface area contributed by atoms with Crippen molar-refractivity contribution in [3.05, 3.63) is 39.9 Å². The van der Waals surface area contributed by atoms with E-state index in [1.165, 1.54) is 24.3 Å². The third-order valence-electron chi connectivity index (χ3n) is 1.73. The van der Waals surface area contributed by atoms with Crippen LogP contribution in [0.3, 0.4) is 0 Å². The molecule has 1 rings (SSSR count). The Morgan fingerprint density at radius 3 is 2.43 bits per heavy atom. The Kier molecular flexibility index (Phi) is 3.14. The van der Waals surface area contributed by atoms with Crippen LogP contribution in [0, 0.1) is 10.1 Å². The molecule has 0 amide bonds. The second kappa shape index (κ2) is 4.33. The largest absolute Gasteiger partial charge is 0.411 e. The van der Waals surface area contributed by atoms with Gasteiger partial charge in [0.25, 0.3) is 5.69 Å². The summed E-state index contributed by atoms with van der Waals surface area (Å²) in [5.41, 5.74) is 6.14. The predicted octanol–water partition coefficient (Wildman–Crippen LogP) is 0.732. The number of rotatable bonds is 3. The molecule has 0 fully saturated rings. The topological polar surface area (TPSA) is 102 Å². The molecule has 0 aliphatic carbocycles. The standard InChI is InChI=1S/C8H9N3O3/c9-5-8(10-12)6-1-3-7(4-2-6)11(13)14/h1-4,12H,5,9H2/b10-8+. The van der Waals surface area contributed by atoms with Crippen LogP contribution in [0.4, 0.5) is 5.69 Å². The molecule has 0 heterocycles. The number of benzene rings is 1. The van der Waals surface area contributed by atoms with E-state index in [2.05, 4.69) is 5.16 Å². The van der Waals surface area contributed by atoms with Crippen LogP contribution in [0.25, 0.3) is 0 Å². The van der Waals surface area contributed by atoms with E-state index in [9.17, 15) is 10.1 Å². The molecule has 0 aromatic heterocycles. The molecule has 1 aromatic rings. The van der Waals surface area contributed by atoms with Gasteiger partial charge in [0, 0.05) is 24.2 Å². The molecule has 0 aliphatic heterocycles. The Bertz CT molecular complexity index is 359. The van der Waals surface area contributed by atoms with Gasteiger partial charge in [-0.15, -0.1) is 0 Å². The third-order valence-corrected chi connectivity index (χ3v) is 1.73. The summed E-state index contributed by atoms with van der Waals surface area (Å²) >= 11 is 0. The van der Waals surface area contributed by atoms with Gasteiger partial charge < -0.3 is 10.9 Å². The van der Waals surface area contributed by atoms with Crippen LogP contribution in [0.15, 0.2) is 29.4 Å². The van der Waals surface area contributed by atoms with Crippen molar-refractivity contribution in [3.63, 3.8) is 0 Å². The number of nitro groups is 1. The van der Waals surface area contributed by atoms with Crippen molar-refractivity contribution in [1.29, 1.82) is 0 Å². The summed E-state index contributed by atoms with van der Waals surface area (Å²) in [6.07, 6.45) is 0. The van der Waals surface area contributed by atoms with E-state index in [0.717, 1.165) is 0 Å². The summed E-state index contributed by atoms with van der Waals surface area (Å²) < 4.78 is 0. The van der Waals surface area contributed by atoms with Gasteiger partial charge in [0.1, 0.15) is 5.71 Å². The van der Waals surface area contributed by atoms with E-state index in [4.69, 9.17) is 10.9 Å². The number of nitro benzene ring substituents is 1. The lowest BCUT2D eigenvalue weighted by Crippen LogP contribution is -2.14. The first-order valence-corrected chi connectivity index (χ1v) is 3.85. The van der Waals surface area contributed by atoms with Crippen LogP contribution < -0.4 is 5.73 Å². The second-order valence-corrected chi connectivity index (χ2v) is 2.55. The highest BCUT2D eigenvalue weighted by Crippen LogP contribution is 2.12. The minimum Gasteiger partial charge on any atom is -0.411 e. The lowest BCUT2D eigenvalue weighted by molar-refractivity contribution is -0.384. The van der Waals surface area contributed by atoms with Gasteiger partial charge in [-0.05, 0) is 12.1 Å². The Morgan fingerprint density at radius 1 is 1.50 bits per heavy atom. The first-order chi connectivity index (χ1) is 6.69. The minimum absolute atomic E-state index is 0.0111. The summed E-state index contributed by atoms with van der Waals surface area (Å²) in [5, 5.41) is 21.8. The molecule has 0 atom stereocenters. The van der Waals surface area contributed by atoms with Crippen LogP contribution in [0.2, 0.25) is 0 Å². The molecule has 0 saturated heterocycles. The Balaban J connectivity index is 2.99. The quantitative estimate of drug-likeness (QED) is 0.321. The summed E-state index contributed by atoms with van der Waals surface area (Å²) in [7, 11) is 0. The molecule has 1 aromatic carbocycles. The van der Waals surface area contributed by atoms with E-state index >= 15 is 0 Å². The van der Waals surface area contributed by atoms with E-state index in [0.29, 0.717) is 11.3 Å². The number of oxime groups is 1. The van der Waals surface area contributed by atoms with Crippen molar-refractivity contribution in [1.82, 2.24) is 0 Å². The molecular weight excluding hydrogens is 186 g/mol. The highest BCUT2D eigenvalue weighted by Gasteiger charge is 2.06. The molecule has 6 nitrogen and oxygen atoms in total. The van der Waals surface area contributed by atoms with E-state index in [1.54, 1.807) is 0 Å². The molecule has 3 N–H and O–H groups in total. The van der Waals surface area contributed by atoms with Gasteiger partial charge in [-0.2, -0.15) is 0 Å². The molecular formula is C8H9N3O3. The molecule has 74 valence electrons. The van der Waals surface area contributed by atoms with Crippen molar-refractivity contribution >= 4 is 11.4 Å². The molecule has 14 heavy (non-hydrogen) atoms. The maximum Gasteiger partial charge on any atom is 0.269 e. The van der Waals surface area contributed by atoms with Gasteiger partial charge in [-0.3, -0.25) is 10.1 Å². The average Bonchev–Trinajstić information content (AvgIpc) is 2.20. The summed E-state index contributed by atoms with van der Waals surface area (Å²) in [4.78, 5) is 9.82. The molecule has 0 spiro atoms. The maximum atomic E-state index is 10.3. The molecule has 0 radical (unpaired) electrons. The number of nitrogens with zero attached hydrogens (tertiary/aromatic N) is 2. The fraction of sp³-hybridized carbons (Fsp3) is 0.125. The fourth-order valence-corrected chi connectivity index (χ4v) is 0.992. The van der Waals surface area contributed by atoms with Crippen LogP contribution in [0.5, 0.6) is 0 Å². The third kappa shape index (κ3) is 2.05. The number of hydrogen-bond acceptors (Lipinski definition) is 5. The van der Waals surface area contributed by atoms with Crippen LogP contribution in [0.1, 0.15) is 5.56 Å². The zero-order chi connectivity index (χ0) is 10.6. The monoisotopic (exact) mass is 195 g/mol. The zero-order valence-electron chi connectivity index (χ0n) is 7.25. The lowest BCUT2D eigenvalue weighted by atomic mass is 10.1. The van der Waals surface area contributed by atoms with Gasteiger partial charge in [-0.25, -0.2) is 0 Å². The predicted molar refractivity (Wildman–Crippen MR) is 50.5 cm³/mol. The average molecular weight is 195 g/mol. The first-order valence-electron chi connectivity index (χ1n) is 3.85. The minimum atomic E-state index is -0.498. The smallest absolute Gasteiger partial charge is 0.269 e. The van der Waals surface area contributed by atoms with E-state index in [-0.39, 0.29) is 12.2 Å². The fourth-order valence-electron chi connectivity index (χ4n) is 0.992. The van der Waals surface area contributed by atoms with Gasteiger partial charge in [-0.1, -0.05) is 5.16 Å². The number of non-ortho nitro benzene ring substituents is 1. The van der Waals surface area contributed by atoms with Crippen LogP contribution in [-0.4, -0.2) is 22.4 Å². The number of hydrogen-bond donors (Lipinski definition) is 2. The van der Waals surface area contributed by atoms with E-state index in [1.807, 2.05) is 0 Å². The lowest BCUT2D eigenvalue weighted by Gasteiger charge is -1.99. The van der Waals surface area contributed by atoms with Gasteiger partial charge in [0.2, 0.25) is 0 Å². The van der Waals surface area contributed by atoms with Crippen LogP contribution >= 0.6 is 0 Å². The molecule has 0 unspecified atom stereocenters. The summed E-state index contributed by atoms with van der Waals surface area (Å²) in [6.45, 7) is 0.0777. The highest BCUT2D eigenvalue weighted by atomic mass is 16.6. The second-order valence-electron chi connectivity index (χ2n) is 2.55. The Morgan fingerprint density at radius 2 is 2.07 bits per heavy atom. The van der Waals surface area contributed by atoms with Gasteiger partial charge in [0.15, 0.2) is 0 Å². The molecule has 6 heteroatoms. The van der Waals surface area contributed by atoms with Crippen molar-refractivity contribution in [2.45, 2.75) is 0 Å². The maximum absolute atomic E-state index is 10.3. The molecule has 0 saturated carbocycles. The summed E-state index contributed by atoms with van der Waals surface area (Å²) in [5.74, 6) is 0. The normalized spacial score (nSPS) is 11.4. The highest BCUT2D eigenvalue weighted by molar-refractivity contribution is 6.01. The van der Waals surface area contributed by atoms with E-state index < -0.39 is 4.92 Å². The van der Waals surface area contributed by atoms with Gasteiger partial charge in [0.05, 0.1) is 4.92 Å². The van der Waals surface area contributed by atoms with Crippen molar-refractivity contribution in [2.24, 2.45) is 10.9 Å². The van der Waals surface area contributed by atoms with Crippen molar-refractivity contribution in [2.75, 3.05) is 6.54 Å². The van der Waals surface area contributed by atoms with Crippen LogP contribution in [-0.2, 0) is 0 Å².